The Morgan fingerprint density at radius 1 is 1.26 bits per heavy atom. The van der Waals surface area contributed by atoms with E-state index in [1.54, 1.807) is 6.07 Å². The molecule has 1 aliphatic carbocycles. The van der Waals surface area contributed by atoms with Gasteiger partial charge < -0.3 is 20.3 Å². The second-order valence-corrected chi connectivity index (χ2v) is 11.0. The van der Waals surface area contributed by atoms with Crippen LogP contribution in [-0.4, -0.2) is 53.6 Å². The van der Waals surface area contributed by atoms with E-state index in [0.29, 0.717) is 17.1 Å². The van der Waals surface area contributed by atoms with E-state index in [1.807, 2.05) is 24.4 Å². The number of thiazole rings is 1. The molecule has 0 radical (unpaired) electrons. The Bertz CT molecular complexity index is 1410. The summed E-state index contributed by atoms with van der Waals surface area (Å²) in [4.78, 5) is 36.4. The van der Waals surface area contributed by atoms with Crippen molar-refractivity contribution in [1.29, 1.82) is 5.26 Å². The van der Waals surface area contributed by atoms with E-state index in [2.05, 4.69) is 57.6 Å². The summed E-state index contributed by atoms with van der Waals surface area (Å²) in [5.74, 6) is -0.786. The Balaban J connectivity index is 1.19. The third-order valence-corrected chi connectivity index (χ3v) is 7.78. The van der Waals surface area contributed by atoms with Crippen LogP contribution < -0.4 is 15.5 Å². The monoisotopic (exact) mass is 530 g/mol. The van der Waals surface area contributed by atoms with Crippen LogP contribution in [0.5, 0.6) is 0 Å². The van der Waals surface area contributed by atoms with Crippen molar-refractivity contribution >= 4 is 34.0 Å². The number of nitrogens with zero attached hydrogens (tertiary/aromatic N) is 4. The molecule has 1 aliphatic heterocycles. The lowest BCUT2D eigenvalue weighted by molar-refractivity contribution is -0.115. The average molecular weight is 531 g/mol. The van der Waals surface area contributed by atoms with Crippen molar-refractivity contribution in [2.45, 2.75) is 51.2 Å². The molecule has 0 saturated carbocycles. The molecule has 38 heavy (non-hydrogen) atoms. The van der Waals surface area contributed by atoms with E-state index in [-0.39, 0.29) is 24.7 Å². The topological polar surface area (TPSA) is 120 Å². The maximum absolute atomic E-state index is 12.7. The van der Waals surface area contributed by atoms with Gasteiger partial charge in [0.05, 0.1) is 41.5 Å². The summed E-state index contributed by atoms with van der Waals surface area (Å²) in [6.45, 7) is 7.48. The summed E-state index contributed by atoms with van der Waals surface area (Å²) in [5.41, 5.74) is 4.18. The van der Waals surface area contributed by atoms with Crippen LogP contribution >= 0.6 is 11.3 Å². The normalized spacial score (nSPS) is 22.4. The van der Waals surface area contributed by atoms with E-state index < -0.39 is 11.3 Å². The molecular weight excluding hydrogens is 500 g/mol. The first-order chi connectivity index (χ1) is 18.2. The molecule has 5 rings (SSSR count). The standard InChI is InChI=1S/C28H30N6O3S/c1-17-13-34(14-18(2)37-17)21-6-4-5-19(9-21)24-15-38-27(32-24)33-25(35)12-31-26(36)20-10-22-23(30-11-20)7-8-28(22,3)16-29/h4-6,9-11,15,17-18H,7-8,12-14H2,1-3H3,(H,31,36)(H,32,33,35)/t17-,18+,28-/m0/s1. The zero-order chi connectivity index (χ0) is 26.9. The number of rotatable bonds is 6. The number of carbonyl (C=O) groups excluding carboxylic acids is 2. The molecule has 196 valence electrons. The fourth-order valence-electron chi connectivity index (χ4n) is 5.05. The largest absolute Gasteiger partial charge is 0.372 e. The van der Waals surface area contributed by atoms with Crippen molar-refractivity contribution in [3.05, 3.63) is 58.7 Å². The summed E-state index contributed by atoms with van der Waals surface area (Å²) in [7, 11) is 0. The maximum Gasteiger partial charge on any atom is 0.253 e. The van der Waals surface area contributed by atoms with Crippen LogP contribution in [0.25, 0.3) is 11.3 Å². The molecule has 3 heterocycles. The number of pyridine rings is 1. The van der Waals surface area contributed by atoms with E-state index in [4.69, 9.17) is 4.74 Å². The van der Waals surface area contributed by atoms with Gasteiger partial charge in [0.2, 0.25) is 5.91 Å². The minimum atomic E-state index is -0.642. The highest BCUT2D eigenvalue weighted by atomic mass is 32.1. The van der Waals surface area contributed by atoms with Gasteiger partial charge in [0.1, 0.15) is 0 Å². The van der Waals surface area contributed by atoms with Crippen LogP contribution in [0.1, 0.15) is 48.8 Å². The van der Waals surface area contributed by atoms with Crippen molar-refractivity contribution in [1.82, 2.24) is 15.3 Å². The van der Waals surface area contributed by atoms with Crippen molar-refractivity contribution < 1.29 is 14.3 Å². The molecule has 0 bridgehead atoms. The van der Waals surface area contributed by atoms with E-state index >= 15 is 0 Å². The second-order valence-electron chi connectivity index (χ2n) is 10.1. The molecule has 0 spiro atoms. The lowest BCUT2D eigenvalue weighted by atomic mass is 9.86. The number of benzene rings is 1. The zero-order valence-electron chi connectivity index (χ0n) is 21.7. The third kappa shape index (κ3) is 5.39. The quantitative estimate of drug-likeness (QED) is 0.496. The highest BCUT2D eigenvalue weighted by Gasteiger charge is 2.36. The van der Waals surface area contributed by atoms with Gasteiger partial charge in [0.15, 0.2) is 5.13 Å². The predicted octanol–water partition coefficient (Wildman–Crippen LogP) is 3.91. The molecule has 3 atom stereocenters. The summed E-state index contributed by atoms with van der Waals surface area (Å²) in [6, 6.07) is 12.2. The van der Waals surface area contributed by atoms with Gasteiger partial charge in [-0.05, 0) is 57.4 Å². The number of aryl methyl sites for hydroxylation is 1. The number of nitriles is 1. The number of amides is 2. The van der Waals surface area contributed by atoms with Gasteiger partial charge in [0, 0.05) is 41.6 Å². The molecule has 3 aromatic rings. The Kier molecular flexibility index (Phi) is 7.15. The Morgan fingerprint density at radius 3 is 2.82 bits per heavy atom. The Morgan fingerprint density at radius 2 is 2.05 bits per heavy atom. The highest BCUT2D eigenvalue weighted by Crippen LogP contribution is 2.37. The fourth-order valence-corrected chi connectivity index (χ4v) is 5.79. The van der Waals surface area contributed by atoms with Crippen LogP contribution in [0.3, 0.4) is 0 Å². The predicted molar refractivity (Wildman–Crippen MR) is 146 cm³/mol. The molecule has 1 aromatic carbocycles. The number of fused-ring (bicyclic) bond motifs is 1. The van der Waals surface area contributed by atoms with Gasteiger partial charge in [-0.1, -0.05) is 12.1 Å². The summed E-state index contributed by atoms with van der Waals surface area (Å²) in [5, 5.41) is 17.3. The van der Waals surface area contributed by atoms with Gasteiger partial charge in [-0.3, -0.25) is 14.6 Å². The number of morpholine rings is 1. The van der Waals surface area contributed by atoms with Gasteiger partial charge in [-0.25, -0.2) is 4.98 Å². The molecule has 1 fully saturated rings. The number of ether oxygens (including phenoxy) is 1. The third-order valence-electron chi connectivity index (χ3n) is 7.02. The summed E-state index contributed by atoms with van der Waals surface area (Å²) in [6.07, 6.45) is 3.23. The molecule has 10 heteroatoms. The molecule has 2 aliphatic rings. The van der Waals surface area contributed by atoms with Crippen LogP contribution in [-0.2, 0) is 21.4 Å². The average Bonchev–Trinajstić information content (AvgIpc) is 3.51. The van der Waals surface area contributed by atoms with E-state index in [9.17, 15) is 14.9 Å². The minimum Gasteiger partial charge on any atom is -0.372 e. The first-order valence-electron chi connectivity index (χ1n) is 12.7. The molecule has 0 unspecified atom stereocenters. The number of anilines is 2. The Labute approximate surface area is 225 Å². The number of carbonyl (C=O) groups is 2. The van der Waals surface area contributed by atoms with Crippen LogP contribution in [0.4, 0.5) is 10.8 Å². The van der Waals surface area contributed by atoms with Crippen LogP contribution in [0.15, 0.2) is 41.9 Å². The fraction of sp³-hybridized carbons (Fsp3) is 0.393. The Hall–Kier alpha value is -3.81. The molecule has 2 aromatic heterocycles. The number of hydrogen-bond acceptors (Lipinski definition) is 8. The van der Waals surface area contributed by atoms with Crippen LogP contribution in [0.2, 0.25) is 0 Å². The molecular formula is C28H30N6O3S. The van der Waals surface area contributed by atoms with Gasteiger partial charge in [-0.15, -0.1) is 11.3 Å². The van der Waals surface area contributed by atoms with Gasteiger partial charge in [-0.2, -0.15) is 5.26 Å². The number of nitrogens with one attached hydrogen (secondary N) is 2. The van der Waals surface area contributed by atoms with Gasteiger partial charge >= 0.3 is 0 Å². The van der Waals surface area contributed by atoms with Crippen molar-refractivity contribution in [3.8, 4) is 17.3 Å². The second kappa shape index (κ2) is 10.5. The zero-order valence-corrected chi connectivity index (χ0v) is 22.5. The number of aromatic nitrogens is 2. The lowest BCUT2D eigenvalue weighted by Gasteiger charge is -2.37. The van der Waals surface area contributed by atoms with Crippen molar-refractivity contribution in [3.63, 3.8) is 0 Å². The summed E-state index contributed by atoms with van der Waals surface area (Å²) >= 11 is 1.33. The van der Waals surface area contributed by atoms with Crippen molar-refractivity contribution in [2.24, 2.45) is 0 Å². The first kappa shape index (κ1) is 25.8. The number of hydrogen-bond donors (Lipinski definition) is 2. The molecule has 9 nitrogen and oxygen atoms in total. The van der Waals surface area contributed by atoms with Gasteiger partial charge in [0.25, 0.3) is 5.91 Å². The highest BCUT2D eigenvalue weighted by molar-refractivity contribution is 7.14. The molecule has 2 amide bonds. The van der Waals surface area contributed by atoms with Crippen LogP contribution in [0, 0.1) is 11.3 Å². The molecule has 1 saturated heterocycles. The lowest BCUT2D eigenvalue weighted by Crippen LogP contribution is -2.45. The molecule has 2 N–H and O–H groups in total. The summed E-state index contributed by atoms with van der Waals surface area (Å²) < 4.78 is 5.85. The first-order valence-corrected chi connectivity index (χ1v) is 13.6. The van der Waals surface area contributed by atoms with Crippen molar-refractivity contribution in [2.75, 3.05) is 29.9 Å². The maximum atomic E-state index is 12.7. The SMILES string of the molecule is C[C@@H]1CN(c2cccc(-c3csc(NC(=O)CNC(=O)c4cnc5c(c4)[C@](C)(C#N)CC5)n3)c2)C[C@H](C)O1. The smallest absolute Gasteiger partial charge is 0.253 e. The van der Waals surface area contributed by atoms with E-state index in [1.165, 1.54) is 17.5 Å². The minimum absolute atomic E-state index is 0.167. The van der Waals surface area contributed by atoms with E-state index in [0.717, 1.165) is 47.7 Å².